The predicted molar refractivity (Wildman–Crippen MR) is 92.4 cm³/mol. The van der Waals surface area contributed by atoms with Crippen LogP contribution in [0.3, 0.4) is 0 Å². The molecule has 0 saturated carbocycles. The van der Waals surface area contributed by atoms with Crippen LogP contribution in [0.4, 0.5) is 0 Å². The van der Waals surface area contributed by atoms with Crippen LogP contribution >= 0.6 is 0 Å². The first-order valence-corrected chi connectivity index (χ1v) is 9.79. The van der Waals surface area contributed by atoms with E-state index in [4.69, 9.17) is 14.7 Å². The summed E-state index contributed by atoms with van der Waals surface area (Å²) in [5.74, 6) is 1.10. The quantitative estimate of drug-likeness (QED) is 0.813. The van der Waals surface area contributed by atoms with E-state index in [1.165, 1.54) is 10.5 Å². The van der Waals surface area contributed by atoms with E-state index >= 15 is 0 Å². The van der Waals surface area contributed by atoms with Crippen molar-refractivity contribution in [1.29, 1.82) is 5.26 Å². The zero-order valence-corrected chi connectivity index (χ0v) is 14.8. The standard InChI is InChI=1S/C18H17N3O4S/c19-11-13-3-6-20-18(9-13)25-15-4-7-21(12-15)26(22,23)16-1-2-17-14(10-16)5-8-24-17/h1-3,6,9-10,15H,4-5,7-8,12H2. The van der Waals surface area contributed by atoms with Gasteiger partial charge in [-0.25, -0.2) is 13.4 Å². The van der Waals surface area contributed by atoms with Gasteiger partial charge in [0.05, 0.1) is 29.7 Å². The summed E-state index contributed by atoms with van der Waals surface area (Å²) in [6, 6.07) is 10.2. The third-order valence-corrected chi connectivity index (χ3v) is 6.42. The van der Waals surface area contributed by atoms with Gasteiger partial charge in [-0.3, -0.25) is 0 Å². The molecule has 0 aliphatic carbocycles. The van der Waals surface area contributed by atoms with Gasteiger partial charge in [-0.2, -0.15) is 9.57 Å². The van der Waals surface area contributed by atoms with E-state index < -0.39 is 10.0 Å². The molecule has 1 atom stereocenters. The van der Waals surface area contributed by atoms with Crippen molar-refractivity contribution >= 4 is 10.0 Å². The van der Waals surface area contributed by atoms with Gasteiger partial charge in [0.1, 0.15) is 11.9 Å². The second-order valence-electron chi connectivity index (χ2n) is 6.25. The minimum absolute atomic E-state index is 0.258. The molecular weight excluding hydrogens is 354 g/mol. The van der Waals surface area contributed by atoms with Gasteiger partial charge in [0.25, 0.3) is 0 Å². The number of fused-ring (bicyclic) bond motifs is 1. The Hall–Kier alpha value is -2.63. The average Bonchev–Trinajstić information content (AvgIpc) is 3.30. The first kappa shape index (κ1) is 16.8. The molecule has 0 bridgehead atoms. The summed E-state index contributed by atoms with van der Waals surface area (Å²) < 4.78 is 38.4. The highest BCUT2D eigenvalue weighted by atomic mass is 32.2. The molecule has 1 aromatic carbocycles. The fourth-order valence-electron chi connectivity index (χ4n) is 3.20. The van der Waals surface area contributed by atoms with Crippen molar-refractivity contribution in [3.63, 3.8) is 0 Å². The number of ether oxygens (including phenoxy) is 2. The third kappa shape index (κ3) is 3.11. The topological polar surface area (TPSA) is 92.5 Å². The SMILES string of the molecule is N#Cc1ccnc(OC2CCN(S(=O)(=O)c3ccc4c(c3)CCO4)C2)c1. The van der Waals surface area contributed by atoms with E-state index in [0.717, 1.165) is 17.7 Å². The van der Waals surface area contributed by atoms with Crippen molar-refractivity contribution in [2.24, 2.45) is 0 Å². The molecule has 1 aromatic heterocycles. The second kappa shape index (κ2) is 6.59. The lowest BCUT2D eigenvalue weighted by molar-refractivity contribution is 0.207. The number of nitriles is 1. The van der Waals surface area contributed by atoms with Crippen molar-refractivity contribution in [1.82, 2.24) is 9.29 Å². The van der Waals surface area contributed by atoms with E-state index in [1.807, 2.05) is 6.07 Å². The number of hydrogen-bond acceptors (Lipinski definition) is 6. The average molecular weight is 371 g/mol. The maximum absolute atomic E-state index is 12.9. The molecule has 3 heterocycles. The zero-order valence-electron chi connectivity index (χ0n) is 14.0. The second-order valence-corrected chi connectivity index (χ2v) is 8.19. The van der Waals surface area contributed by atoms with Crippen molar-refractivity contribution in [3.8, 4) is 17.7 Å². The zero-order chi connectivity index (χ0) is 18.1. The Morgan fingerprint density at radius 2 is 2.19 bits per heavy atom. The lowest BCUT2D eigenvalue weighted by Crippen LogP contribution is -2.31. The molecule has 2 aliphatic rings. The van der Waals surface area contributed by atoms with Gasteiger partial charge in [-0.05, 0) is 36.2 Å². The first-order valence-electron chi connectivity index (χ1n) is 8.35. The van der Waals surface area contributed by atoms with Gasteiger partial charge >= 0.3 is 0 Å². The van der Waals surface area contributed by atoms with Crippen LogP contribution in [0.1, 0.15) is 17.5 Å². The van der Waals surface area contributed by atoms with Crippen LogP contribution in [0, 0.1) is 11.3 Å². The molecule has 8 heteroatoms. The van der Waals surface area contributed by atoms with Gasteiger partial charge in [0.2, 0.25) is 15.9 Å². The van der Waals surface area contributed by atoms with Crippen molar-refractivity contribution in [2.45, 2.75) is 23.8 Å². The molecule has 1 unspecified atom stereocenters. The van der Waals surface area contributed by atoms with Gasteiger partial charge in [0, 0.05) is 25.2 Å². The monoisotopic (exact) mass is 371 g/mol. The highest BCUT2D eigenvalue weighted by molar-refractivity contribution is 7.89. The molecule has 4 rings (SSSR count). The number of sulfonamides is 1. The number of nitrogens with zero attached hydrogens (tertiary/aromatic N) is 3. The molecule has 0 N–H and O–H groups in total. The van der Waals surface area contributed by atoms with Crippen LogP contribution in [0.2, 0.25) is 0 Å². The Kier molecular flexibility index (Phi) is 4.26. The third-order valence-electron chi connectivity index (χ3n) is 4.56. The van der Waals surface area contributed by atoms with E-state index in [9.17, 15) is 8.42 Å². The van der Waals surface area contributed by atoms with Crippen LogP contribution in [0.25, 0.3) is 0 Å². The Morgan fingerprint density at radius 1 is 1.31 bits per heavy atom. The predicted octanol–water partition coefficient (Wildman–Crippen LogP) is 1.73. The Bertz CT molecular complexity index is 984. The number of hydrogen-bond donors (Lipinski definition) is 0. The van der Waals surface area contributed by atoms with Crippen LogP contribution in [0.5, 0.6) is 11.6 Å². The maximum Gasteiger partial charge on any atom is 0.243 e. The smallest absolute Gasteiger partial charge is 0.243 e. The summed E-state index contributed by atoms with van der Waals surface area (Å²) in [6.07, 6.45) is 2.52. The summed E-state index contributed by atoms with van der Waals surface area (Å²) in [6.45, 7) is 1.24. The molecule has 1 saturated heterocycles. The molecule has 1 fully saturated rings. The number of benzene rings is 1. The summed E-state index contributed by atoms with van der Waals surface area (Å²) >= 11 is 0. The van der Waals surface area contributed by atoms with Crippen molar-refractivity contribution in [2.75, 3.05) is 19.7 Å². The van der Waals surface area contributed by atoms with Gasteiger partial charge in [-0.15, -0.1) is 0 Å². The fraction of sp³-hybridized carbons (Fsp3) is 0.333. The number of rotatable bonds is 4. The molecule has 0 spiro atoms. The summed E-state index contributed by atoms with van der Waals surface area (Å²) in [4.78, 5) is 4.36. The number of aromatic nitrogens is 1. The van der Waals surface area contributed by atoms with Gasteiger partial charge in [-0.1, -0.05) is 0 Å². The molecule has 0 amide bonds. The summed E-state index contributed by atoms with van der Waals surface area (Å²) in [5, 5.41) is 8.93. The lowest BCUT2D eigenvalue weighted by atomic mass is 10.2. The Balaban J connectivity index is 1.48. The lowest BCUT2D eigenvalue weighted by Gasteiger charge is -2.17. The largest absolute Gasteiger partial charge is 0.493 e. The normalized spacial score (nSPS) is 19.6. The highest BCUT2D eigenvalue weighted by Crippen LogP contribution is 2.30. The first-order chi connectivity index (χ1) is 12.6. The summed E-state index contributed by atoms with van der Waals surface area (Å²) in [5.41, 5.74) is 1.38. The van der Waals surface area contributed by atoms with E-state index in [0.29, 0.717) is 31.0 Å². The molecule has 134 valence electrons. The molecule has 2 aliphatic heterocycles. The molecular formula is C18H17N3O4S. The Labute approximate surface area is 151 Å². The highest BCUT2D eigenvalue weighted by Gasteiger charge is 2.34. The number of pyridine rings is 1. The minimum atomic E-state index is -3.57. The Morgan fingerprint density at radius 3 is 3.04 bits per heavy atom. The molecule has 2 aromatic rings. The molecule has 26 heavy (non-hydrogen) atoms. The minimum Gasteiger partial charge on any atom is -0.493 e. The van der Waals surface area contributed by atoms with Crippen LogP contribution in [-0.2, 0) is 16.4 Å². The molecule has 0 radical (unpaired) electrons. The van der Waals surface area contributed by atoms with Gasteiger partial charge < -0.3 is 9.47 Å². The van der Waals surface area contributed by atoms with Crippen molar-refractivity contribution in [3.05, 3.63) is 47.7 Å². The van der Waals surface area contributed by atoms with Crippen LogP contribution in [0.15, 0.2) is 41.4 Å². The van der Waals surface area contributed by atoms with E-state index in [1.54, 1.807) is 30.3 Å². The molecule has 7 nitrogen and oxygen atoms in total. The van der Waals surface area contributed by atoms with Gasteiger partial charge in [0.15, 0.2) is 0 Å². The van der Waals surface area contributed by atoms with Crippen molar-refractivity contribution < 1.29 is 17.9 Å². The van der Waals surface area contributed by atoms with E-state index in [-0.39, 0.29) is 17.5 Å². The fourth-order valence-corrected chi connectivity index (χ4v) is 4.74. The van der Waals surface area contributed by atoms with Crippen LogP contribution in [-0.4, -0.2) is 43.5 Å². The van der Waals surface area contributed by atoms with E-state index in [2.05, 4.69) is 4.98 Å². The summed E-state index contributed by atoms with van der Waals surface area (Å²) in [7, 11) is -3.57. The van der Waals surface area contributed by atoms with Crippen LogP contribution < -0.4 is 9.47 Å². The maximum atomic E-state index is 12.9.